The van der Waals surface area contributed by atoms with Crippen molar-refractivity contribution in [2.24, 2.45) is 0 Å². The normalized spacial score (nSPS) is 7.42. The molecule has 0 aliphatic carbocycles. The summed E-state index contributed by atoms with van der Waals surface area (Å²) in [6, 6.07) is 6.29. The van der Waals surface area contributed by atoms with Gasteiger partial charge in [0, 0.05) is 0 Å². The van der Waals surface area contributed by atoms with Crippen LogP contribution in [0.2, 0.25) is 0 Å². The van der Waals surface area contributed by atoms with Crippen LogP contribution >= 0.6 is 0 Å². The molecule has 1 aromatic rings. The van der Waals surface area contributed by atoms with Gasteiger partial charge in [-0.15, -0.1) is 0 Å². The fraction of sp³-hybridized carbons (Fsp3) is 0.548. The van der Waals surface area contributed by atoms with E-state index in [0.29, 0.717) is 0 Å². The van der Waals surface area contributed by atoms with E-state index in [9.17, 15) is 0 Å². The summed E-state index contributed by atoms with van der Waals surface area (Å²) < 4.78 is 0. The third kappa shape index (κ3) is 30.5. The van der Waals surface area contributed by atoms with Gasteiger partial charge >= 0.3 is 0 Å². The maximum absolute atomic E-state index is 4.14. The summed E-state index contributed by atoms with van der Waals surface area (Å²) >= 11 is 0. The highest BCUT2D eigenvalue weighted by Crippen LogP contribution is 2.22. The first kappa shape index (κ1) is 47.1. The third-order valence-corrected chi connectivity index (χ3v) is 2.87. The van der Waals surface area contributed by atoms with Crippen LogP contribution in [0.5, 0.6) is 0 Å². The molecule has 0 fully saturated rings. The molecule has 31 heavy (non-hydrogen) atoms. The van der Waals surface area contributed by atoms with Crippen LogP contribution in [-0.4, -0.2) is 0 Å². The second-order valence-corrected chi connectivity index (χ2v) is 4.08. The number of allylic oxidation sites excluding steroid dienone is 4. The van der Waals surface area contributed by atoms with Crippen LogP contribution in [0.1, 0.15) is 127 Å². The topological polar surface area (TPSA) is 0 Å². The Morgan fingerprint density at radius 3 is 1.42 bits per heavy atom. The largest absolute Gasteiger partial charge is 0.0988 e. The van der Waals surface area contributed by atoms with Crippen LogP contribution in [0.25, 0.3) is 11.6 Å². The van der Waals surface area contributed by atoms with Crippen molar-refractivity contribution in [1.82, 2.24) is 0 Å². The molecule has 0 bridgehead atoms. The van der Waals surface area contributed by atoms with E-state index in [1.54, 1.807) is 0 Å². The quantitative estimate of drug-likeness (QED) is 0.404. The summed E-state index contributed by atoms with van der Waals surface area (Å²) in [5, 5.41) is 0. The van der Waals surface area contributed by atoms with Crippen LogP contribution < -0.4 is 0 Å². The van der Waals surface area contributed by atoms with Gasteiger partial charge in [0.05, 0.1) is 0 Å². The first-order valence-corrected chi connectivity index (χ1v) is 12.9. The second-order valence-electron chi connectivity index (χ2n) is 4.08. The molecule has 0 N–H and O–H groups in total. The van der Waals surface area contributed by atoms with Gasteiger partial charge in [0.25, 0.3) is 0 Å². The van der Waals surface area contributed by atoms with Crippen molar-refractivity contribution < 1.29 is 0 Å². The zero-order valence-electron chi connectivity index (χ0n) is 24.8. The minimum absolute atomic E-state index is 0.975. The fourth-order valence-corrected chi connectivity index (χ4v) is 1.72. The number of hydrogen-bond donors (Lipinski definition) is 0. The fourth-order valence-electron chi connectivity index (χ4n) is 1.72. The smallest absolute Gasteiger partial charge is 0.0155 e. The Kier molecular flexibility index (Phi) is 77.7. The zero-order valence-corrected chi connectivity index (χ0v) is 24.8. The zero-order chi connectivity index (χ0) is 26.8. The number of rotatable bonds is 5. The average Bonchev–Trinajstić information content (AvgIpc) is 2.91. The van der Waals surface area contributed by atoms with Crippen molar-refractivity contribution >= 4 is 11.6 Å². The summed E-state index contributed by atoms with van der Waals surface area (Å²) in [6.45, 7) is 44.0. The van der Waals surface area contributed by atoms with Crippen LogP contribution in [0, 0.1) is 6.92 Å². The van der Waals surface area contributed by atoms with Gasteiger partial charge in [0.15, 0.2) is 0 Å². The van der Waals surface area contributed by atoms with Crippen molar-refractivity contribution in [1.29, 1.82) is 0 Å². The molecule has 0 saturated heterocycles. The summed E-state index contributed by atoms with van der Waals surface area (Å²) in [4.78, 5) is 0. The van der Waals surface area contributed by atoms with Gasteiger partial charge in [-0.1, -0.05) is 154 Å². The Balaban J connectivity index is -0.0000000699. The lowest BCUT2D eigenvalue weighted by molar-refractivity contribution is 1.15. The maximum Gasteiger partial charge on any atom is -0.0155 e. The Bertz CT molecular complexity index is 473. The molecule has 0 unspecified atom stereocenters. The second kappa shape index (κ2) is 51.1. The lowest BCUT2D eigenvalue weighted by atomic mass is 9.97. The van der Waals surface area contributed by atoms with Gasteiger partial charge in [-0.2, -0.15) is 0 Å². The molecular formula is C31H62. The van der Waals surface area contributed by atoms with Gasteiger partial charge in [-0.3, -0.25) is 0 Å². The molecule has 0 spiro atoms. The third-order valence-electron chi connectivity index (χ3n) is 2.87. The highest BCUT2D eigenvalue weighted by Gasteiger charge is 2.02. The Morgan fingerprint density at radius 2 is 1.13 bits per heavy atom. The van der Waals surface area contributed by atoms with E-state index in [2.05, 4.69) is 57.9 Å². The molecule has 0 atom stereocenters. The molecule has 0 heterocycles. The minimum Gasteiger partial charge on any atom is -0.0988 e. The summed E-state index contributed by atoms with van der Waals surface area (Å²) in [5.41, 5.74) is 5.77. The Hall–Kier alpha value is -1.82. The van der Waals surface area contributed by atoms with E-state index >= 15 is 0 Å². The molecule has 0 radical (unpaired) electrons. The van der Waals surface area contributed by atoms with Crippen LogP contribution in [0.3, 0.4) is 0 Å². The molecule has 0 aromatic heterocycles. The number of hydrogen-bond acceptors (Lipinski definition) is 0. The first-order valence-electron chi connectivity index (χ1n) is 12.9. The minimum atomic E-state index is 0.975. The predicted octanol–water partition coefficient (Wildman–Crippen LogP) is 12.4. The number of aryl methyl sites for hydroxylation is 1. The number of benzene rings is 1. The molecule has 0 amide bonds. The van der Waals surface area contributed by atoms with Crippen molar-refractivity contribution in [3.05, 3.63) is 72.4 Å². The predicted molar refractivity (Wildman–Crippen MR) is 158 cm³/mol. The highest BCUT2D eigenvalue weighted by molar-refractivity contribution is 5.76. The standard InChI is InChI=1S/C17H20.7C2H6/c1-6-15(7-2)11-14(5)17-12-16(8-3)10-9-13(17)4;7*1-2/h6,8-12H,1,3,5,7H2,2,4H3;7*1-2H3/b15-11-;;;;;;;. The van der Waals surface area contributed by atoms with Crippen molar-refractivity contribution in [3.8, 4) is 0 Å². The lowest BCUT2D eigenvalue weighted by Crippen LogP contribution is -1.88. The van der Waals surface area contributed by atoms with Crippen molar-refractivity contribution in [2.75, 3.05) is 0 Å². The van der Waals surface area contributed by atoms with Crippen LogP contribution in [0.4, 0.5) is 0 Å². The summed E-state index contributed by atoms with van der Waals surface area (Å²) in [5.74, 6) is 0. The molecule has 1 aromatic carbocycles. The molecule has 0 nitrogen and oxygen atoms in total. The first-order chi connectivity index (χ1) is 15.1. The van der Waals surface area contributed by atoms with E-state index in [4.69, 9.17) is 0 Å². The van der Waals surface area contributed by atoms with Gasteiger partial charge in [-0.25, -0.2) is 0 Å². The van der Waals surface area contributed by atoms with E-state index in [1.807, 2.05) is 109 Å². The van der Waals surface area contributed by atoms with E-state index < -0.39 is 0 Å². The van der Waals surface area contributed by atoms with E-state index in [0.717, 1.165) is 17.6 Å². The monoisotopic (exact) mass is 434 g/mol. The molecule has 1 rings (SSSR count). The molecule has 0 saturated carbocycles. The van der Waals surface area contributed by atoms with Crippen molar-refractivity contribution in [3.63, 3.8) is 0 Å². The Morgan fingerprint density at radius 1 is 0.742 bits per heavy atom. The molecule has 0 aliphatic heterocycles. The molecule has 0 heteroatoms. The summed E-state index contributed by atoms with van der Waals surface area (Å²) in [7, 11) is 0. The maximum atomic E-state index is 4.14. The average molecular weight is 435 g/mol. The van der Waals surface area contributed by atoms with Gasteiger partial charge < -0.3 is 0 Å². The van der Waals surface area contributed by atoms with Crippen LogP contribution in [-0.2, 0) is 0 Å². The summed E-state index contributed by atoms with van der Waals surface area (Å²) in [6.07, 6.45) is 6.82. The van der Waals surface area contributed by atoms with Gasteiger partial charge in [0.2, 0.25) is 0 Å². The highest BCUT2D eigenvalue weighted by atomic mass is 14.1. The van der Waals surface area contributed by atoms with Crippen molar-refractivity contribution in [2.45, 2.75) is 117 Å². The molecular weight excluding hydrogens is 372 g/mol. The van der Waals surface area contributed by atoms with Gasteiger partial charge in [-0.05, 0) is 47.2 Å². The Labute approximate surface area is 201 Å². The molecule has 186 valence electrons. The van der Waals surface area contributed by atoms with Crippen LogP contribution in [0.15, 0.2) is 55.7 Å². The van der Waals surface area contributed by atoms with E-state index in [1.165, 1.54) is 16.7 Å². The molecule has 0 aliphatic rings. The SMILES string of the molecule is C=C/C(=C/C(=C)c1cc(C=C)ccc1C)CC.CC.CC.CC.CC.CC.CC.CC. The lowest BCUT2D eigenvalue weighted by Gasteiger charge is -2.08. The van der Waals surface area contributed by atoms with E-state index in [-0.39, 0.29) is 0 Å². The van der Waals surface area contributed by atoms with Gasteiger partial charge in [0.1, 0.15) is 0 Å².